The molecule has 1 amide bonds. The molecule has 140 valence electrons. The van der Waals surface area contributed by atoms with Gasteiger partial charge in [-0.05, 0) is 49.3 Å². The normalized spacial score (nSPS) is 34.3. The summed E-state index contributed by atoms with van der Waals surface area (Å²) < 4.78 is 39.0. The summed E-state index contributed by atoms with van der Waals surface area (Å²) >= 11 is 0. The molecule has 4 atom stereocenters. The largest absolute Gasteiger partial charge is 0.416 e. The summed E-state index contributed by atoms with van der Waals surface area (Å²) in [7, 11) is 0. The fraction of sp³-hybridized carbons (Fsp3) is 0.579. The molecule has 0 bridgehead atoms. The first-order chi connectivity index (χ1) is 12.2. The van der Waals surface area contributed by atoms with Gasteiger partial charge < -0.3 is 10.6 Å². The van der Waals surface area contributed by atoms with Crippen molar-refractivity contribution >= 4 is 11.5 Å². The van der Waals surface area contributed by atoms with E-state index in [1.54, 1.807) is 0 Å². The first kappa shape index (κ1) is 17.5. The van der Waals surface area contributed by atoms with Gasteiger partial charge in [-0.25, -0.2) is 0 Å². The summed E-state index contributed by atoms with van der Waals surface area (Å²) in [6.07, 6.45) is 1.56. The van der Waals surface area contributed by atoms with Crippen molar-refractivity contribution in [3.05, 3.63) is 35.7 Å². The summed E-state index contributed by atoms with van der Waals surface area (Å²) in [5, 5.41) is 0. The second-order valence-electron chi connectivity index (χ2n) is 7.83. The summed E-state index contributed by atoms with van der Waals surface area (Å²) in [5.74, 6) is 0.299. The Bertz CT molecular complexity index is 776. The van der Waals surface area contributed by atoms with Crippen LogP contribution in [0.2, 0.25) is 0 Å². The quantitative estimate of drug-likeness (QED) is 0.831. The van der Waals surface area contributed by atoms with E-state index in [1.807, 2.05) is 11.0 Å². The van der Waals surface area contributed by atoms with Crippen LogP contribution in [0.4, 0.5) is 13.2 Å². The lowest BCUT2D eigenvalue weighted by molar-refractivity contribution is -0.138. The van der Waals surface area contributed by atoms with E-state index in [9.17, 15) is 18.0 Å². The zero-order chi connectivity index (χ0) is 18.7. The number of pyridine rings is 1. The van der Waals surface area contributed by atoms with Crippen LogP contribution in [0.25, 0.3) is 5.57 Å². The highest BCUT2D eigenvalue weighted by Crippen LogP contribution is 2.54. The van der Waals surface area contributed by atoms with Crippen LogP contribution in [-0.4, -0.2) is 34.4 Å². The molecule has 1 saturated heterocycles. The van der Waals surface area contributed by atoms with Gasteiger partial charge in [-0.3, -0.25) is 9.78 Å². The van der Waals surface area contributed by atoms with Gasteiger partial charge in [0, 0.05) is 24.8 Å². The Morgan fingerprint density at radius 3 is 2.81 bits per heavy atom. The summed E-state index contributed by atoms with van der Waals surface area (Å²) in [4.78, 5) is 19.1. The Morgan fingerprint density at radius 1 is 1.38 bits per heavy atom. The molecule has 1 aromatic heterocycles. The van der Waals surface area contributed by atoms with E-state index >= 15 is 0 Å². The maximum absolute atomic E-state index is 13.0. The van der Waals surface area contributed by atoms with Crippen LogP contribution in [-0.2, 0) is 11.0 Å². The van der Waals surface area contributed by atoms with E-state index in [4.69, 9.17) is 5.73 Å². The number of hydrogen-bond acceptors (Lipinski definition) is 3. The number of carbonyl (C=O) groups is 1. The Labute approximate surface area is 150 Å². The van der Waals surface area contributed by atoms with Crippen LogP contribution in [0.1, 0.15) is 43.9 Å². The van der Waals surface area contributed by atoms with Crippen LogP contribution >= 0.6 is 0 Å². The topological polar surface area (TPSA) is 59.2 Å². The maximum atomic E-state index is 13.0. The molecule has 1 spiro atoms. The van der Waals surface area contributed by atoms with Gasteiger partial charge in [-0.2, -0.15) is 13.2 Å². The molecule has 1 aliphatic carbocycles. The summed E-state index contributed by atoms with van der Waals surface area (Å²) in [5.41, 5.74) is 6.13. The smallest absolute Gasteiger partial charge is 0.335 e. The highest BCUT2D eigenvalue weighted by atomic mass is 19.4. The number of fused-ring (bicyclic) bond motifs is 1. The van der Waals surface area contributed by atoms with E-state index in [1.165, 1.54) is 6.20 Å². The molecule has 7 heteroatoms. The highest BCUT2D eigenvalue weighted by Gasteiger charge is 2.59. The molecule has 3 aliphatic rings. The minimum Gasteiger partial charge on any atom is -0.335 e. The van der Waals surface area contributed by atoms with E-state index in [-0.39, 0.29) is 23.9 Å². The molecular formula is C19H22F3N3O. The van der Waals surface area contributed by atoms with Crippen molar-refractivity contribution in [2.24, 2.45) is 17.1 Å². The molecule has 0 radical (unpaired) electrons. The number of aromatic nitrogens is 1. The predicted octanol–water partition coefficient (Wildman–Crippen LogP) is 3.23. The fourth-order valence-electron chi connectivity index (χ4n) is 5.01. The van der Waals surface area contributed by atoms with Crippen LogP contribution in [0.5, 0.6) is 0 Å². The second-order valence-corrected chi connectivity index (χ2v) is 7.83. The van der Waals surface area contributed by atoms with Gasteiger partial charge in [0.25, 0.3) is 0 Å². The van der Waals surface area contributed by atoms with Gasteiger partial charge >= 0.3 is 6.18 Å². The lowest BCUT2D eigenvalue weighted by Crippen LogP contribution is -2.38. The van der Waals surface area contributed by atoms with Gasteiger partial charge in [0.2, 0.25) is 5.91 Å². The number of nitrogens with zero attached hydrogens (tertiary/aromatic N) is 2. The van der Waals surface area contributed by atoms with Gasteiger partial charge in [-0.1, -0.05) is 13.0 Å². The third kappa shape index (κ3) is 2.55. The van der Waals surface area contributed by atoms with Crippen molar-refractivity contribution in [3.8, 4) is 0 Å². The Hall–Kier alpha value is -1.89. The molecule has 26 heavy (non-hydrogen) atoms. The highest BCUT2D eigenvalue weighted by molar-refractivity contribution is 5.88. The Kier molecular flexibility index (Phi) is 3.91. The molecule has 0 aromatic carbocycles. The standard InChI is InChI=1S/C19H22F3N3O/c1-11-16-8-12(15-9-13(3-6-24-15)19(20,21)22)4-7-25(16)17(26)18(11)5-2-14(23)10-18/h3-4,6,9,11,14,16H,2,5,7-8,10,23H2,1H3/t11-,14?,16?,18?/m0/s1. The molecule has 2 aliphatic heterocycles. The number of alkyl halides is 3. The summed E-state index contributed by atoms with van der Waals surface area (Å²) in [6, 6.07) is 2.14. The molecular weight excluding hydrogens is 343 g/mol. The molecule has 2 fully saturated rings. The number of carbonyl (C=O) groups excluding carboxylic acids is 1. The lowest BCUT2D eigenvalue weighted by Gasteiger charge is -2.31. The third-order valence-electron chi connectivity index (χ3n) is 6.50. The molecule has 1 saturated carbocycles. The number of nitrogens with two attached hydrogens (primary N) is 1. The van der Waals surface area contributed by atoms with Crippen LogP contribution < -0.4 is 5.73 Å². The van der Waals surface area contributed by atoms with E-state index in [0.717, 1.165) is 30.5 Å². The molecule has 1 aromatic rings. The molecule has 2 N–H and O–H groups in total. The minimum absolute atomic E-state index is 0.00384. The van der Waals surface area contributed by atoms with Crippen LogP contribution in [0.3, 0.4) is 0 Å². The number of rotatable bonds is 1. The van der Waals surface area contributed by atoms with Crippen molar-refractivity contribution in [3.63, 3.8) is 0 Å². The van der Waals surface area contributed by atoms with Crippen molar-refractivity contribution in [2.75, 3.05) is 6.54 Å². The zero-order valence-electron chi connectivity index (χ0n) is 14.6. The van der Waals surface area contributed by atoms with Gasteiger partial charge in [0.05, 0.1) is 16.7 Å². The van der Waals surface area contributed by atoms with E-state index in [2.05, 4.69) is 11.9 Å². The van der Waals surface area contributed by atoms with Crippen molar-refractivity contribution in [1.82, 2.24) is 9.88 Å². The molecule has 3 unspecified atom stereocenters. The molecule has 3 heterocycles. The van der Waals surface area contributed by atoms with E-state index in [0.29, 0.717) is 25.1 Å². The first-order valence-electron chi connectivity index (χ1n) is 9.02. The SMILES string of the molecule is C[C@H]1C2CC(c3cc(C(F)(F)F)ccn3)=CCN2C(=O)C12CCC(N)C2. The summed E-state index contributed by atoms with van der Waals surface area (Å²) in [6.45, 7) is 2.52. The fourth-order valence-corrected chi connectivity index (χ4v) is 5.01. The minimum atomic E-state index is -4.39. The number of halogens is 3. The third-order valence-corrected chi connectivity index (χ3v) is 6.50. The predicted molar refractivity (Wildman–Crippen MR) is 90.8 cm³/mol. The molecule has 4 nitrogen and oxygen atoms in total. The Balaban J connectivity index is 1.62. The van der Waals surface area contributed by atoms with Crippen LogP contribution in [0, 0.1) is 11.3 Å². The Morgan fingerprint density at radius 2 is 2.15 bits per heavy atom. The van der Waals surface area contributed by atoms with Gasteiger partial charge in [-0.15, -0.1) is 0 Å². The lowest BCUT2D eigenvalue weighted by atomic mass is 9.73. The van der Waals surface area contributed by atoms with Gasteiger partial charge in [0.1, 0.15) is 0 Å². The van der Waals surface area contributed by atoms with Crippen LogP contribution in [0.15, 0.2) is 24.4 Å². The average Bonchev–Trinajstić information content (AvgIpc) is 3.10. The van der Waals surface area contributed by atoms with E-state index < -0.39 is 17.2 Å². The molecule has 4 rings (SSSR count). The first-order valence-corrected chi connectivity index (χ1v) is 9.02. The van der Waals surface area contributed by atoms with Gasteiger partial charge in [0.15, 0.2) is 0 Å². The number of amides is 1. The van der Waals surface area contributed by atoms with Crippen molar-refractivity contribution in [2.45, 2.75) is 50.9 Å². The number of hydrogen-bond donors (Lipinski definition) is 1. The van der Waals surface area contributed by atoms with Crippen molar-refractivity contribution < 1.29 is 18.0 Å². The second kappa shape index (κ2) is 5.81. The monoisotopic (exact) mass is 365 g/mol. The average molecular weight is 365 g/mol. The zero-order valence-corrected chi connectivity index (χ0v) is 14.6. The maximum Gasteiger partial charge on any atom is 0.416 e. The van der Waals surface area contributed by atoms with Crippen molar-refractivity contribution in [1.29, 1.82) is 0 Å².